The van der Waals surface area contributed by atoms with Gasteiger partial charge in [-0.15, -0.1) is 0 Å². The zero-order valence-corrected chi connectivity index (χ0v) is 15.4. The van der Waals surface area contributed by atoms with Crippen LogP contribution in [0.4, 0.5) is 0 Å². The van der Waals surface area contributed by atoms with Crippen molar-refractivity contribution in [3.63, 3.8) is 0 Å². The lowest BCUT2D eigenvalue weighted by Gasteiger charge is -2.14. The van der Waals surface area contributed by atoms with Crippen LogP contribution >= 0.6 is 19.2 Å². The molecule has 136 valence electrons. The molecule has 0 fully saturated rings. The summed E-state index contributed by atoms with van der Waals surface area (Å²) >= 11 is 6.12. The number of fused-ring (bicyclic) bond motifs is 1. The van der Waals surface area contributed by atoms with Crippen molar-refractivity contribution in [2.75, 3.05) is 19.8 Å². The van der Waals surface area contributed by atoms with Gasteiger partial charge in [0.15, 0.2) is 11.5 Å². The van der Waals surface area contributed by atoms with Crippen molar-refractivity contribution in [3.05, 3.63) is 29.3 Å². The molecule has 1 N–H and O–H groups in total. The smallest absolute Gasteiger partial charge is 0.396 e. The second-order valence-electron chi connectivity index (χ2n) is 5.10. The molecule has 9 heteroatoms. The van der Waals surface area contributed by atoms with Gasteiger partial charge >= 0.3 is 7.60 Å². The lowest BCUT2D eigenvalue weighted by Crippen LogP contribution is -2.22. The highest BCUT2D eigenvalue weighted by atomic mass is 35.5. The number of hydrogen-bond acceptors (Lipinski definition) is 7. The molecule has 1 aliphatic heterocycles. The topological polar surface area (TPSA) is 87.4 Å². The highest BCUT2D eigenvalue weighted by Crippen LogP contribution is 2.49. The SMILES string of the molecule is CCOP(=O)(OCC)c1ccc(-c2cc(Cl)cc3c2OC(CO)O3)o1. The largest absolute Gasteiger partial charge is 0.448 e. The number of rotatable bonds is 7. The minimum absolute atomic E-state index is 0.0950. The summed E-state index contributed by atoms with van der Waals surface area (Å²) in [6.07, 6.45) is -0.806. The number of benzene rings is 1. The van der Waals surface area contributed by atoms with Gasteiger partial charge in [0.2, 0.25) is 5.50 Å². The molecule has 0 saturated carbocycles. The van der Waals surface area contributed by atoms with E-state index in [0.29, 0.717) is 27.8 Å². The second kappa shape index (κ2) is 7.40. The van der Waals surface area contributed by atoms with Gasteiger partial charge in [0.25, 0.3) is 6.29 Å². The number of hydrogen-bond donors (Lipinski definition) is 1. The van der Waals surface area contributed by atoms with Gasteiger partial charge in [0, 0.05) is 11.1 Å². The molecule has 0 radical (unpaired) electrons. The van der Waals surface area contributed by atoms with Crippen molar-refractivity contribution < 1.29 is 32.6 Å². The Morgan fingerprint density at radius 3 is 2.56 bits per heavy atom. The van der Waals surface area contributed by atoms with Crippen molar-refractivity contribution in [2.45, 2.75) is 20.1 Å². The van der Waals surface area contributed by atoms with E-state index in [0.717, 1.165) is 0 Å². The summed E-state index contributed by atoms with van der Waals surface area (Å²) in [5.41, 5.74) is 0.613. The Labute approximate surface area is 149 Å². The molecule has 0 saturated heterocycles. The first-order chi connectivity index (χ1) is 12.0. The molecule has 0 aliphatic carbocycles. The summed E-state index contributed by atoms with van der Waals surface area (Å²) in [6, 6.07) is 6.39. The molecule has 1 atom stereocenters. The van der Waals surface area contributed by atoms with Crippen LogP contribution in [-0.2, 0) is 13.6 Å². The van der Waals surface area contributed by atoms with Crippen LogP contribution in [-0.4, -0.2) is 31.2 Å². The van der Waals surface area contributed by atoms with Crippen molar-refractivity contribution in [1.82, 2.24) is 0 Å². The van der Waals surface area contributed by atoms with E-state index in [4.69, 9.17) is 34.5 Å². The molecule has 0 amide bonds. The molecule has 0 spiro atoms. The number of aliphatic hydroxyl groups excluding tert-OH is 1. The van der Waals surface area contributed by atoms with Crippen molar-refractivity contribution in [1.29, 1.82) is 0 Å². The van der Waals surface area contributed by atoms with E-state index in [1.54, 1.807) is 32.0 Å². The third-order valence-corrected chi connectivity index (χ3v) is 5.60. The highest BCUT2D eigenvalue weighted by molar-refractivity contribution is 7.61. The number of furan rings is 1. The average Bonchev–Trinajstić information content (AvgIpc) is 3.21. The molecule has 1 unspecified atom stereocenters. The summed E-state index contributed by atoms with van der Waals surface area (Å²) in [5.74, 6) is 1.17. The minimum Gasteiger partial charge on any atom is -0.448 e. The predicted octanol–water partition coefficient (Wildman–Crippen LogP) is 3.58. The maximum Gasteiger partial charge on any atom is 0.396 e. The monoisotopic (exact) mass is 388 g/mol. The quantitative estimate of drug-likeness (QED) is 0.725. The fourth-order valence-electron chi connectivity index (χ4n) is 2.46. The Morgan fingerprint density at radius 1 is 1.20 bits per heavy atom. The van der Waals surface area contributed by atoms with Crippen LogP contribution in [0.15, 0.2) is 28.7 Å². The van der Waals surface area contributed by atoms with Crippen LogP contribution in [0.1, 0.15) is 13.8 Å². The Hall–Kier alpha value is -1.50. The Kier molecular flexibility index (Phi) is 5.41. The summed E-state index contributed by atoms with van der Waals surface area (Å²) in [7, 11) is -3.53. The standard InChI is InChI=1S/C16H18ClO7P/c1-3-20-25(19,21-4-2)15-6-5-12(23-15)11-7-10(17)8-13-16(11)24-14(9-18)22-13/h5-8,14,18H,3-4,9H2,1-2H3. The summed E-state index contributed by atoms with van der Waals surface area (Å²) in [4.78, 5) is 0. The van der Waals surface area contributed by atoms with Crippen LogP contribution in [0.3, 0.4) is 0 Å². The molecule has 1 aliphatic rings. The van der Waals surface area contributed by atoms with Crippen LogP contribution in [0, 0.1) is 0 Å². The fraction of sp³-hybridized carbons (Fsp3) is 0.375. The molecular formula is C16H18ClO7P. The first kappa shape index (κ1) is 18.3. The second-order valence-corrected chi connectivity index (χ2v) is 7.49. The molecule has 7 nitrogen and oxygen atoms in total. The van der Waals surface area contributed by atoms with E-state index < -0.39 is 13.9 Å². The van der Waals surface area contributed by atoms with Crippen molar-refractivity contribution >= 4 is 24.7 Å². The lowest BCUT2D eigenvalue weighted by molar-refractivity contribution is -0.000619. The third kappa shape index (κ3) is 3.57. The summed E-state index contributed by atoms with van der Waals surface area (Å²) < 4.78 is 40.1. The van der Waals surface area contributed by atoms with Gasteiger partial charge in [-0.05, 0) is 32.0 Å². The van der Waals surface area contributed by atoms with Gasteiger partial charge in [-0.25, -0.2) is 0 Å². The molecule has 25 heavy (non-hydrogen) atoms. The molecule has 0 bridgehead atoms. The Balaban J connectivity index is 2.00. The normalized spacial score (nSPS) is 16.4. The molecule has 1 aromatic carbocycles. The third-order valence-electron chi connectivity index (χ3n) is 3.40. The predicted molar refractivity (Wildman–Crippen MR) is 91.8 cm³/mol. The first-order valence-electron chi connectivity index (χ1n) is 7.78. The number of halogens is 1. The van der Waals surface area contributed by atoms with E-state index in [2.05, 4.69) is 0 Å². The molecule has 3 rings (SSSR count). The summed E-state index contributed by atoms with van der Waals surface area (Å²) in [5, 5.41) is 9.63. The Bertz CT molecular complexity index is 794. The lowest BCUT2D eigenvalue weighted by atomic mass is 10.1. The van der Waals surface area contributed by atoms with Gasteiger partial charge in [0.1, 0.15) is 12.4 Å². The zero-order valence-electron chi connectivity index (χ0n) is 13.7. The van der Waals surface area contributed by atoms with Gasteiger partial charge in [-0.2, -0.15) is 0 Å². The van der Waals surface area contributed by atoms with E-state index >= 15 is 0 Å². The van der Waals surface area contributed by atoms with Crippen molar-refractivity contribution in [3.8, 4) is 22.8 Å². The summed E-state index contributed by atoms with van der Waals surface area (Å²) in [6.45, 7) is 3.57. The molecule has 2 aromatic rings. The van der Waals surface area contributed by atoms with Crippen molar-refractivity contribution in [2.24, 2.45) is 0 Å². The van der Waals surface area contributed by atoms with Crippen LogP contribution in [0.2, 0.25) is 5.02 Å². The van der Waals surface area contributed by atoms with E-state index in [1.165, 1.54) is 6.07 Å². The maximum absolute atomic E-state index is 12.8. The van der Waals surface area contributed by atoms with Crippen LogP contribution < -0.4 is 15.0 Å². The maximum atomic E-state index is 12.8. The van der Waals surface area contributed by atoms with E-state index in [-0.39, 0.29) is 25.3 Å². The molecular weight excluding hydrogens is 371 g/mol. The number of aliphatic hydroxyl groups is 1. The Morgan fingerprint density at radius 2 is 1.92 bits per heavy atom. The molecule has 1 aromatic heterocycles. The van der Waals surface area contributed by atoms with Crippen LogP contribution in [0.25, 0.3) is 11.3 Å². The zero-order chi connectivity index (χ0) is 18.0. The van der Waals surface area contributed by atoms with Gasteiger partial charge in [-0.1, -0.05) is 11.6 Å². The number of ether oxygens (including phenoxy) is 2. The average molecular weight is 389 g/mol. The fourth-order valence-corrected chi connectivity index (χ4v) is 4.14. The highest BCUT2D eigenvalue weighted by Gasteiger charge is 2.33. The van der Waals surface area contributed by atoms with E-state index in [1.807, 2.05) is 0 Å². The van der Waals surface area contributed by atoms with Crippen LogP contribution in [0.5, 0.6) is 11.5 Å². The van der Waals surface area contributed by atoms with Gasteiger partial charge in [0.05, 0.1) is 18.8 Å². The molecule has 2 heterocycles. The van der Waals surface area contributed by atoms with Gasteiger partial charge in [-0.3, -0.25) is 4.57 Å². The van der Waals surface area contributed by atoms with Gasteiger partial charge < -0.3 is 28.0 Å². The minimum atomic E-state index is -3.53. The van der Waals surface area contributed by atoms with E-state index in [9.17, 15) is 9.67 Å². The first-order valence-corrected chi connectivity index (χ1v) is 9.70.